The quantitative estimate of drug-likeness (QED) is 0.498. The van der Waals surface area contributed by atoms with E-state index in [1.165, 1.54) is 24.7 Å². The van der Waals surface area contributed by atoms with E-state index in [1.54, 1.807) is 21.5 Å². The van der Waals surface area contributed by atoms with Gasteiger partial charge in [-0.05, 0) is 69.4 Å². The summed E-state index contributed by atoms with van der Waals surface area (Å²) in [5, 5.41) is 26.0. The van der Waals surface area contributed by atoms with Crippen LogP contribution < -0.4 is 5.32 Å². The molecule has 2 heterocycles. The van der Waals surface area contributed by atoms with E-state index in [2.05, 4.69) is 36.4 Å². The maximum atomic E-state index is 11.6. The summed E-state index contributed by atoms with van der Waals surface area (Å²) in [6.07, 6.45) is 2.69. The lowest BCUT2D eigenvalue weighted by molar-refractivity contribution is 0.602. The van der Waals surface area contributed by atoms with Crippen molar-refractivity contribution in [3.05, 3.63) is 60.7 Å². The smallest absolute Gasteiger partial charge is 0.175 e. The number of aromatic nitrogens is 8. The lowest BCUT2D eigenvalue weighted by atomic mass is 10.3. The van der Waals surface area contributed by atoms with E-state index in [4.69, 9.17) is 0 Å². The molecule has 0 saturated carbocycles. The van der Waals surface area contributed by atoms with Gasteiger partial charge in [-0.15, -0.1) is 10.2 Å². The van der Waals surface area contributed by atoms with Crippen LogP contribution in [0.4, 0.5) is 5.69 Å². The zero-order chi connectivity index (χ0) is 19.6. The molecule has 0 aliphatic rings. The molecule has 0 amide bonds. The Hall–Kier alpha value is -3.67. The van der Waals surface area contributed by atoms with E-state index in [0.29, 0.717) is 18.1 Å². The summed E-state index contributed by atoms with van der Waals surface area (Å²) in [4.78, 5) is 0.242. The Kier molecular flexibility index (Phi) is 4.53. The molecule has 0 fully saturated rings. The van der Waals surface area contributed by atoms with Crippen LogP contribution in [0.1, 0.15) is 5.82 Å². The van der Waals surface area contributed by atoms with Crippen LogP contribution in [0.25, 0.3) is 11.4 Å². The molecule has 142 valence electrons. The number of sulfone groups is 1. The highest BCUT2D eigenvalue weighted by molar-refractivity contribution is 7.90. The Morgan fingerprint density at radius 2 is 1.64 bits per heavy atom. The van der Waals surface area contributed by atoms with Crippen molar-refractivity contribution >= 4 is 15.5 Å². The first-order chi connectivity index (χ1) is 13.5. The molecule has 0 spiro atoms. The molecule has 2 aromatic heterocycles. The summed E-state index contributed by atoms with van der Waals surface area (Å²) in [5.41, 5.74) is 2.38. The molecule has 0 radical (unpaired) electrons. The van der Waals surface area contributed by atoms with Crippen LogP contribution >= 0.6 is 0 Å². The molecular weight excluding hydrogens is 382 g/mol. The van der Waals surface area contributed by atoms with Crippen molar-refractivity contribution in [3.8, 4) is 11.4 Å². The molecule has 11 nitrogen and oxygen atoms in total. The average Bonchev–Trinajstić information content (AvgIpc) is 3.38. The second kappa shape index (κ2) is 7.15. The molecule has 0 bridgehead atoms. The average molecular weight is 397 g/mol. The maximum Gasteiger partial charge on any atom is 0.175 e. The van der Waals surface area contributed by atoms with Crippen LogP contribution in [-0.4, -0.2) is 55.1 Å². The zero-order valence-electron chi connectivity index (χ0n) is 14.7. The molecule has 2 aromatic carbocycles. The number of hydrogen-bond acceptors (Lipinski definition) is 9. The van der Waals surface area contributed by atoms with Crippen LogP contribution in [0.3, 0.4) is 0 Å². The summed E-state index contributed by atoms with van der Waals surface area (Å²) in [6, 6.07) is 13.9. The molecule has 4 rings (SSSR count). The fourth-order valence-electron chi connectivity index (χ4n) is 2.54. The van der Waals surface area contributed by atoms with Crippen LogP contribution in [0, 0.1) is 0 Å². The third-order valence-electron chi connectivity index (χ3n) is 3.98. The van der Waals surface area contributed by atoms with E-state index in [1.807, 2.05) is 24.3 Å². The number of tetrazole rings is 2. The second-order valence-electron chi connectivity index (χ2n) is 5.93. The van der Waals surface area contributed by atoms with Crippen molar-refractivity contribution < 1.29 is 8.42 Å². The van der Waals surface area contributed by atoms with E-state index < -0.39 is 9.84 Å². The highest BCUT2D eigenvalue weighted by Crippen LogP contribution is 2.16. The molecule has 0 saturated heterocycles. The Bertz CT molecular complexity index is 1170. The lowest BCUT2D eigenvalue weighted by Gasteiger charge is -2.08. The Morgan fingerprint density at radius 1 is 0.929 bits per heavy atom. The topological polar surface area (TPSA) is 133 Å². The molecule has 12 heteroatoms. The largest absolute Gasteiger partial charge is 0.378 e. The van der Waals surface area contributed by atoms with Crippen molar-refractivity contribution in [2.45, 2.75) is 11.4 Å². The van der Waals surface area contributed by atoms with Gasteiger partial charge in [0, 0.05) is 11.9 Å². The van der Waals surface area contributed by atoms with E-state index in [9.17, 15) is 8.42 Å². The van der Waals surface area contributed by atoms with Gasteiger partial charge in [-0.3, -0.25) is 0 Å². The van der Waals surface area contributed by atoms with Gasteiger partial charge < -0.3 is 5.32 Å². The lowest BCUT2D eigenvalue weighted by Crippen LogP contribution is -2.09. The summed E-state index contributed by atoms with van der Waals surface area (Å²) >= 11 is 0. The Labute approximate surface area is 159 Å². The minimum atomic E-state index is -3.25. The predicted molar refractivity (Wildman–Crippen MR) is 98.7 cm³/mol. The Morgan fingerprint density at radius 3 is 2.29 bits per heavy atom. The molecular formula is C16H15N9O2S. The van der Waals surface area contributed by atoms with Crippen LogP contribution in [-0.2, 0) is 16.4 Å². The third-order valence-corrected chi connectivity index (χ3v) is 5.10. The SMILES string of the molecule is CS(=O)(=O)c1ccc(-n2nnnc2CNc2ccc(-n3cnnn3)cc2)cc1. The summed E-state index contributed by atoms with van der Waals surface area (Å²) in [6.45, 7) is 0.380. The van der Waals surface area contributed by atoms with Crippen molar-refractivity contribution in [1.29, 1.82) is 0 Å². The molecule has 0 unspecified atom stereocenters. The number of nitrogens with one attached hydrogen (secondary N) is 1. The number of rotatable bonds is 6. The molecule has 4 aromatic rings. The first-order valence-electron chi connectivity index (χ1n) is 8.16. The summed E-state index contributed by atoms with van der Waals surface area (Å²) in [5.74, 6) is 0.580. The fraction of sp³-hybridized carbons (Fsp3) is 0.125. The van der Waals surface area contributed by atoms with Gasteiger partial charge >= 0.3 is 0 Å². The fourth-order valence-corrected chi connectivity index (χ4v) is 3.17. The zero-order valence-corrected chi connectivity index (χ0v) is 15.5. The number of hydrogen-bond donors (Lipinski definition) is 1. The van der Waals surface area contributed by atoms with E-state index >= 15 is 0 Å². The third kappa shape index (κ3) is 3.71. The highest BCUT2D eigenvalue weighted by atomic mass is 32.2. The van der Waals surface area contributed by atoms with Crippen LogP contribution in [0.15, 0.2) is 59.8 Å². The molecule has 28 heavy (non-hydrogen) atoms. The van der Waals surface area contributed by atoms with Gasteiger partial charge in [0.1, 0.15) is 6.33 Å². The van der Waals surface area contributed by atoms with E-state index in [0.717, 1.165) is 11.4 Å². The van der Waals surface area contributed by atoms with E-state index in [-0.39, 0.29) is 4.90 Å². The van der Waals surface area contributed by atoms with Gasteiger partial charge in [0.25, 0.3) is 0 Å². The van der Waals surface area contributed by atoms with Crippen molar-refractivity contribution in [2.75, 3.05) is 11.6 Å². The second-order valence-corrected chi connectivity index (χ2v) is 7.94. The van der Waals surface area contributed by atoms with Gasteiger partial charge in [0.05, 0.1) is 22.8 Å². The van der Waals surface area contributed by atoms with Crippen LogP contribution in [0.5, 0.6) is 0 Å². The maximum absolute atomic E-state index is 11.6. The Balaban J connectivity index is 1.48. The van der Waals surface area contributed by atoms with Crippen molar-refractivity contribution in [3.63, 3.8) is 0 Å². The number of anilines is 1. The van der Waals surface area contributed by atoms with Gasteiger partial charge in [0.15, 0.2) is 15.7 Å². The first-order valence-corrected chi connectivity index (χ1v) is 10.0. The van der Waals surface area contributed by atoms with Gasteiger partial charge in [-0.2, -0.15) is 4.68 Å². The van der Waals surface area contributed by atoms with Crippen LogP contribution in [0.2, 0.25) is 0 Å². The minimum absolute atomic E-state index is 0.242. The predicted octanol–water partition coefficient (Wildman–Crippen LogP) is 0.654. The summed E-state index contributed by atoms with van der Waals surface area (Å²) in [7, 11) is -3.25. The minimum Gasteiger partial charge on any atom is -0.378 e. The van der Waals surface area contributed by atoms with Crippen molar-refractivity contribution in [1.82, 2.24) is 40.4 Å². The molecule has 0 aliphatic heterocycles. The molecule has 0 atom stereocenters. The number of benzene rings is 2. The van der Waals surface area contributed by atoms with Gasteiger partial charge in [-0.1, -0.05) is 0 Å². The first kappa shape index (κ1) is 17.7. The van der Waals surface area contributed by atoms with Crippen molar-refractivity contribution in [2.24, 2.45) is 0 Å². The summed E-state index contributed by atoms with van der Waals surface area (Å²) < 4.78 is 26.3. The van der Waals surface area contributed by atoms with Gasteiger partial charge in [-0.25, -0.2) is 13.1 Å². The molecule has 0 aliphatic carbocycles. The molecule has 1 N–H and O–H groups in total. The standard InChI is InChI=1S/C16H15N9O2S/c1-28(26,27)15-8-6-14(7-9-15)25-16(19-21-23-25)10-17-12-2-4-13(5-3-12)24-11-18-20-22-24/h2-9,11,17H,10H2,1H3. The van der Waals surface area contributed by atoms with Gasteiger partial charge in [0.2, 0.25) is 0 Å². The number of nitrogens with zero attached hydrogens (tertiary/aromatic N) is 8. The normalized spacial score (nSPS) is 11.5. The monoisotopic (exact) mass is 397 g/mol. The highest BCUT2D eigenvalue weighted by Gasteiger charge is 2.11.